The summed E-state index contributed by atoms with van der Waals surface area (Å²) in [6, 6.07) is 28.5. The number of rotatable bonds is 9. The van der Waals surface area contributed by atoms with E-state index in [0.717, 1.165) is 68.4 Å². The quantitative estimate of drug-likeness (QED) is 0.408. The lowest BCUT2D eigenvalue weighted by Gasteiger charge is -2.42. The number of hydrogen-bond donors (Lipinski definition) is 2. The summed E-state index contributed by atoms with van der Waals surface area (Å²) in [6.45, 7) is 5.14. The highest BCUT2D eigenvalue weighted by Gasteiger charge is 2.41. The minimum absolute atomic E-state index is 0.196. The van der Waals surface area contributed by atoms with Gasteiger partial charge < -0.3 is 15.1 Å². The van der Waals surface area contributed by atoms with Crippen LogP contribution in [0.5, 0.6) is 0 Å². The molecular weight excluding hydrogens is 406 g/mol. The average Bonchev–Trinajstić information content (AvgIpc) is 2.88. The maximum absolute atomic E-state index is 12.0. The molecule has 3 nitrogen and oxygen atoms in total. The molecule has 1 aliphatic rings. The molecule has 1 fully saturated rings. The molecule has 1 saturated heterocycles. The molecule has 174 valence electrons. The van der Waals surface area contributed by atoms with Crippen LogP contribution in [-0.2, 0) is 5.60 Å². The fraction of sp³-hybridized carbons (Fsp3) is 0.400. The van der Waals surface area contributed by atoms with Gasteiger partial charge >= 0.3 is 0 Å². The third kappa shape index (κ3) is 5.73. The van der Waals surface area contributed by atoms with Crippen LogP contribution in [0.15, 0.2) is 84.9 Å². The molecule has 3 aromatic rings. The van der Waals surface area contributed by atoms with Gasteiger partial charge in [0.1, 0.15) is 5.60 Å². The van der Waals surface area contributed by atoms with Crippen LogP contribution >= 0.6 is 0 Å². The maximum Gasteiger partial charge on any atom is 0.117 e. The molecule has 0 aromatic heterocycles. The second-order valence-electron chi connectivity index (χ2n) is 9.54. The van der Waals surface area contributed by atoms with Crippen LogP contribution in [0.2, 0.25) is 0 Å². The molecule has 0 amide bonds. The summed E-state index contributed by atoms with van der Waals surface area (Å²) in [7, 11) is 0. The summed E-state index contributed by atoms with van der Waals surface area (Å²) in [5.41, 5.74) is 3.26. The van der Waals surface area contributed by atoms with Crippen LogP contribution in [0.25, 0.3) is 0 Å². The molecule has 0 radical (unpaired) electrons. The lowest BCUT2D eigenvalue weighted by atomic mass is 9.72. The Hall–Kier alpha value is -2.46. The van der Waals surface area contributed by atoms with Gasteiger partial charge in [0.25, 0.3) is 0 Å². The minimum atomic E-state index is -0.952. The predicted octanol–water partition coefficient (Wildman–Crippen LogP) is 5.85. The van der Waals surface area contributed by atoms with Crippen LogP contribution in [0.1, 0.15) is 60.5 Å². The largest absolute Gasteiger partial charge is 0.388 e. The first-order chi connectivity index (χ1) is 16.1. The molecule has 0 aliphatic carbocycles. The zero-order chi connectivity index (χ0) is 23.1. The van der Waals surface area contributed by atoms with E-state index in [-0.39, 0.29) is 12.0 Å². The number of aliphatic hydroxyl groups excluding tert-OH is 1. The van der Waals surface area contributed by atoms with Crippen molar-refractivity contribution in [2.45, 2.75) is 50.7 Å². The number of aliphatic hydroxyl groups is 2. The standard InChI is InChI=1S/C30H37NO2/c1-24-15-17-25(18-16-24)29(32)14-8-9-21-31-22-19-28(20-23-31)30(33,26-10-4-2-5-11-26)27-12-6-3-7-13-27/h2-7,10-13,15-18,28-29,32-33H,8-9,14,19-23H2,1H3. The Morgan fingerprint density at radius 2 is 1.36 bits per heavy atom. The highest BCUT2D eigenvalue weighted by atomic mass is 16.3. The first-order valence-corrected chi connectivity index (χ1v) is 12.4. The SMILES string of the molecule is Cc1ccc(C(O)CCCCN2CCC(C(O)(c3ccccc3)c3ccccc3)CC2)cc1. The Kier molecular flexibility index (Phi) is 7.97. The Morgan fingerprint density at radius 1 is 0.818 bits per heavy atom. The van der Waals surface area contributed by atoms with Crippen molar-refractivity contribution in [3.05, 3.63) is 107 Å². The summed E-state index contributed by atoms with van der Waals surface area (Å²) >= 11 is 0. The molecule has 0 spiro atoms. The molecule has 4 rings (SSSR count). The van der Waals surface area contributed by atoms with Gasteiger partial charge in [-0.2, -0.15) is 0 Å². The first kappa shape index (κ1) is 23.7. The molecule has 3 aromatic carbocycles. The predicted molar refractivity (Wildman–Crippen MR) is 135 cm³/mol. The fourth-order valence-corrected chi connectivity index (χ4v) is 5.23. The summed E-state index contributed by atoms with van der Waals surface area (Å²) < 4.78 is 0. The van der Waals surface area contributed by atoms with Crippen LogP contribution < -0.4 is 0 Å². The van der Waals surface area contributed by atoms with Crippen LogP contribution in [-0.4, -0.2) is 34.7 Å². The minimum Gasteiger partial charge on any atom is -0.388 e. The second-order valence-corrected chi connectivity index (χ2v) is 9.54. The third-order valence-corrected chi connectivity index (χ3v) is 7.27. The number of unbranched alkanes of at least 4 members (excludes halogenated alkanes) is 1. The Morgan fingerprint density at radius 3 is 1.91 bits per heavy atom. The topological polar surface area (TPSA) is 43.7 Å². The normalized spacial score (nSPS) is 16.6. The molecule has 0 saturated carbocycles. The summed E-state index contributed by atoms with van der Waals surface area (Å²) in [6.07, 6.45) is 4.50. The van der Waals surface area contributed by atoms with Gasteiger partial charge in [-0.25, -0.2) is 0 Å². The average molecular weight is 444 g/mol. The van der Waals surface area contributed by atoms with E-state index >= 15 is 0 Å². The van der Waals surface area contributed by atoms with Crippen molar-refractivity contribution >= 4 is 0 Å². The lowest BCUT2D eigenvalue weighted by molar-refractivity contribution is -0.0144. The van der Waals surface area contributed by atoms with Gasteiger partial charge in [-0.05, 0) is 81.3 Å². The van der Waals surface area contributed by atoms with Crippen LogP contribution in [0, 0.1) is 12.8 Å². The molecule has 3 heteroatoms. The number of aryl methyl sites for hydroxylation is 1. The molecule has 1 heterocycles. The smallest absolute Gasteiger partial charge is 0.117 e. The van der Waals surface area contributed by atoms with Gasteiger partial charge in [-0.15, -0.1) is 0 Å². The van der Waals surface area contributed by atoms with E-state index in [0.29, 0.717) is 0 Å². The molecule has 33 heavy (non-hydrogen) atoms. The van der Waals surface area contributed by atoms with Crippen molar-refractivity contribution in [1.82, 2.24) is 4.90 Å². The van der Waals surface area contributed by atoms with Crippen LogP contribution in [0.4, 0.5) is 0 Å². The van der Waals surface area contributed by atoms with E-state index in [1.165, 1.54) is 5.56 Å². The zero-order valence-electron chi connectivity index (χ0n) is 19.7. The number of nitrogens with zero attached hydrogens (tertiary/aromatic N) is 1. The van der Waals surface area contributed by atoms with Gasteiger partial charge in [-0.1, -0.05) is 90.5 Å². The Balaban J connectivity index is 1.29. The fourth-order valence-electron chi connectivity index (χ4n) is 5.23. The highest BCUT2D eigenvalue weighted by Crippen LogP contribution is 2.41. The van der Waals surface area contributed by atoms with Crippen molar-refractivity contribution in [1.29, 1.82) is 0 Å². The number of likely N-dealkylation sites (tertiary alicyclic amines) is 1. The monoisotopic (exact) mass is 443 g/mol. The highest BCUT2D eigenvalue weighted by molar-refractivity contribution is 5.37. The van der Waals surface area contributed by atoms with Gasteiger partial charge in [0.15, 0.2) is 0 Å². The molecule has 1 aliphatic heterocycles. The van der Waals surface area contributed by atoms with Crippen molar-refractivity contribution in [3.8, 4) is 0 Å². The van der Waals surface area contributed by atoms with Gasteiger partial charge in [-0.3, -0.25) is 0 Å². The van der Waals surface area contributed by atoms with Gasteiger partial charge in [0.2, 0.25) is 0 Å². The van der Waals surface area contributed by atoms with Gasteiger partial charge in [0, 0.05) is 0 Å². The lowest BCUT2D eigenvalue weighted by Crippen LogP contribution is -2.44. The van der Waals surface area contributed by atoms with E-state index < -0.39 is 5.60 Å². The van der Waals surface area contributed by atoms with E-state index in [1.807, 2.05) is 48.5 Å². The van der Waals surface area contributed by atoms with E-state index in [9.17, 15) is 10.2 Å². The molecule has 0 bridgehead atoms. The number of benzene rings is 3. The van der Waals surface area contributed by atoms with E-state index in [2.05, 4.69) is 48.2 Å². The zero-order valence-corrected chi connectivity index (χ0v) is 19.7. The second kappa shape index (κ2) is 11.1. The van der Waals surface area contributed by atoms with E-state index in [4.69, 9.17) is 0 Å². The van der Waals surface area contributed by atoms with Crippen molar-refractivity contribution in [3.63, 3.8) is 0 Å². The third-order valence-electron chi connectivity index (χ3n) is 7.27. The van der Waals surface area contributed by atoms with Crippen molar-refractivity contribution < 1.29 is 10.2 Å². The summed E-state index contributed by atoms with van der Waals surface area (Å²) in [4.78, 5) is 2.52. The molecule has 1 unspecified atom stereocenters. The number of hydrogen-bond acceptors (Lipinski definition) is 3. The van der Waals surface area contributed by atoms with Crippen LogP contribution in [0.3, 0.4) is 0 Å². The Labute approximate surface area is 198 Å². The maximum atomic E-state index is 12.0. The first-order valence-electron chi connectivity index (χ1n) is 12.4. The molecule has 2 N–H and O–H groups in total. The van der Waals surface area contributed by atoms with Crippen molar-refractivity contribution in [2.24, 2.45) is 5.92 Å². The van der Waals surface area contributed by atoms with E-state index in [1.54, 1.807) is 0 Å². The Bertz CT molecular complexity index is 924. The molecule has 1 atom stereocenters. The summed E-state index contributed by atoms with van der Waals surface area (Å²) in [5, 5.41) is 22.5. The van der Waals surface area contributed by atoms with Gasteiger partial charge in [0.05, 0.1) is 6.10 Å². The summed E-state index contributed by atoms with van der Waals surface area (Å²) in [5.74, 6) is 0.196. The molecular formula is C30H37NO2. The van der Waals surface area contributed by atoms with Crippen molar-refractivity contribution in [2.75, 3.05) is 19.6 Å². The number of piperidine rings is 1.